The second-order valence-electron chi connectivity index (χ2n) is 6.46. The van der Waals surface area contributed by atoms with Crippen molar-refractivity contribution in [3.05, 3.63) is 35.5 Å². The molecule has 1 aromatic heterocycles. The monoisotopic (exact) mass is 330 g/mol. The van der Waals surface area contributed by atoms with Gasteiger partial charge < -0.3 is 20.1 Å². The standard InChI is InChI=1S/C18H22N2O4/c1-12-3-2-4-14-13(10-19-16(12)14)9-15(21)20-11-18(17(22)23)5-7-24-8-6-18/h2-4,10,19H,5-9,11H2,1H3,(H,20,21)(H,22,23). The minimum atomic E-state index is -0.912. The quantitative estimate of drug-likeness (QED) is 0.782. The number of aryl methyl sites for hydroxylation is 1. The van der Waals surface area contributed by atoms with Crippen molar-refractivity contribution in [3.8, 4) is 0 Å². The van der Waals surface area contributed by atoms with E-state index in [9.17, 15) is 14.7 Å². The first-order valence-electron chi connectivity index (χ1n) is 8.15. The van der Waals surface area contributed by atoms with Crippen LogP contribution in [-0.2, 0) is 20.7 Å². The lowest BCUT2D eigenvalue weighted by atomic mass is 9.80. The molecule has 1 amide bonds. The van der Waals surface area contributed by atoms with Crippen LogP contribution in [0, 0.1) is 12.3 Å². The van der Waals surface area contributed by atoms with Crippen LogP contribution >= 0.6 is 0 Å². The molecule has 0 spiro atoms. The largest absolute Gasteiger partial charge is 0.481 e. The SMILES string of the molecule is Cc1cccc2c(CC(=O)NCC3(C(=O)O)CCOCC3)c[nH]c12. The molecule has 0 saturated carbocycles. The van der Waals surface area contributed by atoms with Gasteiger partial charge in [-0.1, -0.05) is 18.2 Å². The summed E-state index contributed by atoms with van der Waals surface area (Å²) in [5, 5.41) is 13.4. The van der Waals surface area contributed by atoms with E-state index >= 15 is 0 Å². The fourth-order valence-electron chi connectivity index (χ4n) is 3.24. The molecule has 1 aliphatic rings. The highest BCUT2D eigenvalue weighted by Crippen LogP contribution is 2.30. The Hall–Kier alpha value is -2.34. The van der Waals surface area contributed by atoms with E-state index in [2.05, 4.69) is 10.3 Å². The van der Waals surface area contributed by atoms with Gasteiger partial charge in [-0.25, -0.2) is 0 Å². The van der Waals surface area contributed by atoms with Gasteiger partial charge in [0.15, 0.2) is 0 Å². The van der Waals surface area contributed by atoms with E-state index in [1.54, 1.807) is 0 Å². The molecule has 1 saturated heterocycles. The van der Waals surface area contributed by atoms with Crippen molar-refractivity contribution in [2.75, 3.05) is 19.8 Å². The molecule has 0 radical (unpaired) electrons. The van der Waals surface area contributed by atoms with Gasteiger partial charge in [0, 0.05) is 36.9 Å². The van der Waals surface area contributed by atoms with Crippen molar-refractivity contribution >= 4 is 22.8 Å². The lowest BCUT2D eigenvalue weighted by molar-refractivity contribution is -0.154. The summed E-state index contributed by atoms with van der Waals surface area (Å²) in [5.74, 6) is -1.03. The zero-order valence-electron chi connectivity index (χ0n) is 13.7. The van der Waals surface area contributed by atoms with Gasteiger partial charge in [-0.3, -0.25) is 9.59 Å². The van der Waals surface area contributed by atoms with Gasteiger partial charge in [0.1, 0.15) is 0 Å². The van der Waals surface area contributed by atoms with Gasteiger partial charge in [0.2, 0.25) is 5.91 Å². The van der Waals surface area contributed by atoms with Gasteiger partial charge in [-0.15, -0.1) is 0 Å². The molecule has 0 bridgehead atoms. The van der Waals surface area contributed by atoms with Crippen molar-refractivity contribution in [2.45, 2.75) is 26.2 Å². The van der Waals surface area contributed by atoms with Crippen molar-refractivity contribution in [2.24, 2.45) is 5.41 Å². The number of aromatic nitrogens is 1. The highest BCUT2D eigenvalue weighted by Gasteiger charge is 2.40. The summed E-state index contributed by atoms with van der Waals surface area (Å²) in [6, 6.07) is 5.97. The van der Waals surface area contributed by atoms with E-state index < -0.39 is 11.4 Å². The number of hydrogen-bond acceptors (Lipinski definition) is 3. The Morgan fingerprint density at radius 2 is 2.08 bits per heavy atom. The molecular formula is C18H22N2O4. The minimum absolute atomic E-state index is 0.145. The zero-order valence-corrected chi connectivity index (χ0v) is 13.7. The normalized spacial score (nSPS) is 16.9. The number of aromatic amines is 1. The van der Waals surface area contributed by atoms with Gasteiger partial charge >= 0.3 is 5.97 Å². The Labute approximate surface area is 140 Å². The lowest BCUT2D eigenvalue weighted by Crippen LogP contribution is -2.46. The van der Waals surface area contributed by atoms with Crippen LogP contribution in [0.2, 0.25) is 0 Å². The predicted molar refractivity (Wildman–Crippen MR) is 89.9 cm³/mol. The number of amides is 1. The lowest BCUT2D eigenvalue weighted by Gasteiger charge is -2.33. The first-order chi connectivity index (χ1) is 11.5. The number of H-pyrrole nitrogens is 1. The van der Waals surface area contributed by atoms with Crippen molar-refractivity contribution in [3.63, 3.8) is 0 Å². The van der Waals surface area contributed by atoms with Crippen LogP contribution in [0.4, 0.5) is 0 Å². The van der Waals surface area contributed by atoms with Crippen LogP contribution in [-0.4, -0.2) is 41.7 Å². The second-order valence-corrected chi connectivity index (χ2v) is 6.46. The third kappa shape index (κ3) is 3.14. The Kier molecular flexibility index (Phi) is 4.57. The first-order valence-corrected chi connectivity index (χ1v) is 8.15. The number of carboxylic acid groups (broad SMARTS) is 1. The van der Waals surface area contributed by atoms with Crippen LogP contribution in [0.15, 0.2) is 24.4 Å². The van der Waals surface area contributed by atoms with E-state index in [0.29, 0.717) is 26.1 Å². The third-order valence-corrected chi connectivity index (χ3v) is 4.89. The van der Waals surface area contributed by atoms with Gasteiger partial charge in [0.05, 0.1) is 11.8 Å². The van der Waals surface area contributed by atoms with Gasteiger partial charge in [-0.05, 0) is 30.9 Å². The highest BCUT2D eigenvalue weighted by molar-refractivity contribution is 5.90. The maximum absolute atomic E-state index is 12.3. The van der Waals surface area contributed by atoms with E-state index in [1.807, 2.05) is 31.3 Å². The van der Waals surface area contributed by atoms with Crippen LogP contribution in [0.1, 0.15) is 24.0 Å². The molecule has 24 heavy (non-hydrogen) atoms. The fraction of sp³-hybridized carbons (Fsp3) is 0.444. The second kappa shape index (κ2) is 6.65. The van der Waals surface area contributed by atoms with E-state index in [0.717, 1.165) is 22.0 Å². The Morgan fingerprint density at radius 3 is 2.79 bits per heavy atom. The molecule has 3 N–H and O–H groups in total. The number of carboxylic acids is 1. The molecule has 0 unspecified atom stereocenters. The molecule has 1 aliphatic heterocycles. The number of hydrogen-bond donors (Lipinski definition) is 3. The first kappa shape index (κ1) is 16.5. The van der Waals surface area contributed by atoms with Crippen molar-refractivity contribution in [1.29, 1.82) is 0 Å². The smallest absolute Gasteiger partial charge is 0.311 e. The summed E-state index contributed by atoms with van der Waals surface area (Å²) in [4.78, 5) is 27.1. The number of carbonyl (C=O) groups excluding carboxylic acids is 1. The van der Waals surface area contributed by atoms with Gasteiger partial charge in [-0.2, -0.15) is 0 Å². The molecule has 1 fully saturated rings. The molecular weight excluding hydrogens is 308 g/mol. The van der Waals surface area contributed by atoms with Gasteiger partial charge in [0.25, 0.3) is 0 Å². The van der Waals surface area contributed by atoms with Crippen LogP contribution < -0.4 is 5.32 Å². The number of carbonyl (C=O) groups is 2. The molecule has 0 aliphatic carbocycles. The number of benzene rings is 1. The Balaban J connectivity index is 1.66. The maximum atomic E-state index is 12.3. The van der Waals surface area contributed by atoms with E-state index in [4.69, 9.17) is 4.74 Å². The molecule has 1 aromatic carbocycles. The minimum Gasteiger partial charge on any atom is -0.481 e. The molecule has 3 rings (SSSR count). The Morgan fingerprint density at radius 1 is 1.33 bits per heavy atom. The van der Waals surface area contributed by atoms with Crippen LogP contribution in [0.3, 0.4) is 0 Å². The number of rotatable bonds is 5. The predicted octanol–water partition coefficient (Wildman–Crippen LogP) is 2.02. The zero-order chi connectivity index (χ0) is 17.2. The number of para-hydroxylation sites is 1. The molecule has 6 heteroatoms. The average molecular weight is 330 g/mol. The van der Waals surface area contributed by atoms with Crippen molar-refractivity contribution < 1.29 is 19.4 Å². The summed E-state index contributed by atoms with van der Waals surface area (Å²) >= 11 is 0. The maximum Gasteiger partial charge on any atom is 0.311 e. The number of nitrogens with one attached hydrogen (secondary N) is 2. The number of fused-ring (bicyclic) bond motifs is 1. The Bertz CT molecular complexity index is 759. The fourth-order valence-corrected chi connectivity index (χ4v) is 3.24. The summed E-state index contributed by atoms with van der Waals surface area (Å²) in [6.07, 6.45) is 2.93. The average Bonchev–Trinajstić information content (AvgIpc) is 2.98. The third-order valence-electron chi connectivity index (χ3n) is 4.89. The molecule has 0 atom stereocenters. The summed E-state index contributed by atoms with van der Waals surface area (Å²) in [6.45, 7) is 3.00. The van der Waals surface area contributed by atoms with E-state index in [1.165, 1.54) is 0 Å². The summed E-state index contributed by atoms with van der Waals surface area (Å²) in [5.41, 5.74) is 2.17. The van der Waals surface area contributed by atoms with Crippen LogP contribution in [0.5, 0.6) is 0 Å². The number of ether oxygens (including phenoxy) is 1. The molecule has 2 aromatic rings. The molecule has 6 nitrogen and oxygen atoms in total. The topological polar surface area (TPSA) is 91.4 Å². The summed E-state index contributed by atoms with van der Waals surface area (Å²) in [7, 11) is 0. The van der Waals surface area contributed by atoms with E-state index in [-0.39, 0.29) is 18.9 Å². The number of aliphatic carboxylic acids is 1. The molecule has 128 valence electrons. The van der Waals surface area contributed by atoms with Crippen molar-refractivity contribution in [1.82, 2.24) is 10.3 Å². The summed E-state index contributed by atoms with van der Waals surface area (Å²) < 4.78 is 5.25. The van der Waals surface area contributed by atoms with Crippen LogP contribution in [0.25, 0.3) is 10.9 Å². The highest BCUT2D eigenvalue weighted by atomic mass is 16.5. The molecule has 2 heterocycles.